The van der Waals surface area contributed by atoms with E-state index in [1.165, 1.54) is 12.1 Å². The van der Waals surface area contributed by atoms with E-state index in [1.54, 1.807) is 25.2 Å². The zero-order valence-electron chi connectivity index (χ0n) is 12.8. The van der Waals surface area contributed by atoms with Crippen LogP contribution < -0.4 is 4.74 Å². The molecule has 21 heavy (non-hydrogen) atoms. The van der Waals surface area contributed by atoms with Crippen LogP contribution in [0, 0.1) is 0 Å². The first kappa shape index (κ1) is 19.0. The van der Waals surface area contributed by atoms with Crippen molar-refractivity contribution in [3.8, 4) is 5.75 Å². The number of halogens is 3. The minimum absolute atomic E-state index is 0.160. The number of hydrogen-bond acceptors (Lipinski definition) is 1. The van der Waals surface area contributed by atoms with Crippen LogP contribution in [0.3, 0.4) is 0 Å². The highest BCUT2D eigenvalue weighted by atomic mass is 19.4. The van der Waals surface area contributed by atoms with Crippen molar-refractivity contribution in [1.82, 2.24) is 0 Å². The third kappa shape index (κ3) is 7.40. The van der Waals surface area contributed by atoms with Crippen molar-refractivity contribution in [3.05, 3.63) is 66.0 Å². The number of benzene rings is 1. The molecule has 0 amide bonds. The van der Waals surface area contributed by atoms with Gasteiger partial charge in [0.15, 0.2) is 0 Å². The van der Waals surface area contributed by atoms with Gasteiger partial charge in [0.25, 0.3) is 0 Å². The van der Waals surface area contributed by atoms with Gasteiger partial charge in [-0.15, -0.1) is 0 Å². The number of hydrogen-bond donors (Lipinski definition) is 0. The molecule has 0 radical (unpaired) electrons. The van der Waals surface area contributed by atoms with Crippen LogP contribution in [0.4, 0.5) is 13.2 Å². The lowest BCUT2D eigenvalue weighted by Gasteiger charge is -2.09. The van der Waals surface area contributed by atoms with Gasteiger partial charge in [0.05, 0.1) is 5.56 Å². The van der Waals surface area contributed by atoms with E-state index < -0.39 is 11.7 Å². The molecular weight excluding hydrogens is 277 g/mol. The Balaban J connectivity index is 0.00000191. The lowest BCUT2D eigenvalue weighted by Crippen LogP contribution is -2.04. The van der Waals surface area contributed by atoms with Gasteiger partial charge in [-0.3, -0.25) is 0 Å². The van der Waals surface area contributed by atoms with Gasteiger partial charge < -0.3 is 4.74 Å². The molecule has 0 atom stereocenters. The minimum Gasteiger partial charge on any atom is -0.462 e. The fourth-order valence-corrected chi connectivity index (χ4v) is 1.27. The molecule has 0 saturated heterocycles. The average Bonchev–Trinajstić information content (AvgIpc) is 2.46. The molecule has 1 rings (SSSR count). The SMILES string of the molecule is C=C/C(C)=C\C=C(/C)Oc1cccc(C(F)(F)F)c1.CC. The summed E-state index contributed by atoms with van der Waals surface area (Å²) >= 11 is 0. The largest absolute Gasteiger partial charge is 0.462 e. The lowest BCUT2D eigenvalue weighted by molar-refractivity contribution is -0.137. The van der Waals surface area contributed by atoms with E-state index in [0.717, 1.165) is 17.7 Å². The van der Waals surface area contributed by atoms with Crippen LogP contribution >= 0.6 is 0 Å². The Bertz CT molecular complexity index is 511. The maximum atomic E-state index is 12.5. The molecule has 0 aliphatic heterocycles. The topological polar surface area (TPSA) is 9.23 Å². The quantitative estimate of drug-likeness (QED) is 0.478. The summed E-state index contributed by atoms with van der Waals surface area (Å²) in [5.74, 6) is 0.661. The molecule has 116 valence electrons. The molecule has 1 nitrogen and oxygen atoms in total. The van der Waals surface area contributed by atoms with Crippen LogP contribution in [-0.2, 0) is 6.18 Å². The first-order chi connectivity index (χ1) is 9.82. The summed E-state index contributed by atoms with van der Waals surface area (Å²) in [7, 11) is 0. The van der Waals surface area contributed by atoms with Gasteiger partial charge in [0.2, 0.25) is 0 Å². The van der Waals surface area contributed by atoms with Gasteiger partial charge in [0, 0.05) is 0 Å². The van der Waals surface area contributed by atoms with Crippen LogP contribution in [0.2, 0.25) is 0 Å². The van der Waals surface area contributed by atoms with Crippen molar-refractivity contribution in [3.63, 3.8) is 0 Å². The summed E-state index contributed by atoms with van der Waals surface area (Å²) in [5, 5.41) is 0. The van der Waals surface area contributed by atoms with Crippen molar-refractivity contribution >= 4 is 0 Å². The Kier molecular flexibility index (Phi) is 8.21. The van der Waals surface area contributed by atoms with E-state index in [9.17, 15) is 13.2 Å². The summed E-state index contributed by atoms with van der Waals surface area (Å²) in [6.45, 7) is 11.1. The zero-order valence-corrected chi connectivity index (χ0v) is 12.8. The van der Waals surface area contributed by atoms with E-state index in [1.807, 2.05) is 20.8 Å². The number of allylic oxidation sites excluding steroid dienone is 5. The standard InChI is InChI=1S/C15H15F3O.C2H6/c1-4-11(2)8-9-12(3)19-14-7-5-6-13(10-14)15(16,17)18;1-2/h4-10H,1H2,2-3H3;1-2H3/b11-8-,12-9+;. The normalized spacial score (nSPS) is 12.3. The Hall–Kier alpha value is -1.97. The first-order valence-electron chi connectivity index (χ1n) is 6.65. The van der Waals surface area contributed by atoms with E-state index in [0.29, 0.717) is 5.76 Å². The predicted molar refractivity (Wildman–Crippen MR) is 81.1 cm³/mol. The highest BCUT2D eigenvalue weighted by Crippen LogP contribution is 2.31. The molecule has 4 heteroatoms. The first-order valence-corrected chi connectivity index (χ1v) is 6.65. The molecule has 0 aliphatic rings. The number of ether oxygens (including phenoxy) is 1. The van der Waals surface area contributed by atoms with E-state index >= 15 is 0 Å². The molecule has 0 heterocycles. The van der Waals surface area contributed by atoms with Crippen molar-refractivity contribution < 1.29 is 17.9 Å². The molecule has 0 aromatic heterocycles. The van der Waals surface area contributed by atoms with Gasteiger partial charge >= 0.3 is 6.18 Å². The molecule has 1 aromatic rings. The van der Waals surface area contributed by atoms with Crippen LogP contribution in [0.25, 0.3) is 0 Å². The molecule has 1 aromatic carbocycles. The van der Waals surface area contributed by atoms with Crippen LogP contribution in [0.5, 0.6) is 5.75 Å². The second-order valence-electron chi connectivity index (χ2n) is 4.02. The number of alkyl halides is 3. The molecule has 0 aliphatic carbocycles. The summed E-state index contributed by atoms with van der Waals surface area (Å²) in [6.07, 6.45) is 0.762. The third-order valence-corrected chi connectivity index (χ3v) is 2.34. The molecule has 0 unspecified atom stereocenters. The Morgan fingerprint density at radius 3 is 2.29 bits per heavy atom. The minimum atomic E-state index is -4.36. The summed E-state index contributed by atoms with van der Waals surface area (Å²) in [4.78, 5) is 0. The van der Waals surface area contributed by atoms with Gasteiger partial charge in [-0.1, -0.05) is 44.2 Å². The second-order valence-corrected chi connectivity index (χ2v) is 4.02. The Morgan fingerprint density at radius 1 is 1.14 bits per heavy atom. The third-order valence-electron chi connectivity index (χ3n) is 2.34. The zero-order chi connectivity index (χ0) is 16.5. The summed E-state index contributed by atoms with van der Waals surface area (Å²) < 4.78 is 42.9. The van der Waals surface area contributed by atoms with Gasteiger partial charge in [-0.05, 0) is 38.1 Å². The molecule has 0 spiro atoms. The number of rotatable bonds is 4. The van der Waals surface area contributed by atoms with E-state index in [-0.39, 0.29) is 5.75 Å². The van der Waals surface area contributed by atoms with Crippen LogP contribution in [0.15, 0.2) is 60.4 Å². The Labute approximate surface area is 124 Å². The highest BCUT2D eigenvalue weighted by molar-refractivity contribution is 5.32. The second kappa shape index (κ2) is 9.06. The van der Waals surface area contributed by atoms with Crippen molar-refractivity contribution in [2.75, 3.05) is 0 Å². The monoisotopic (exact) mass is 298 g/mol. The average molecular weight is 298 g/mol. The highest BCUT2D eigenvalue weighted by Gasteiger charge is 2.30. The fraction of sp³-hybridized carbons (Fsp3) is 0.294. The van der Waals surface area contributed by atoms with Crippen molar-refractivity contribution in [2.45, 2.75) is 33.9 Å². The smallest absolute Gasteiger partial charge is 0.416 e. The lowest BCUT2D eigenvalue weighted by atomic mass is 10.2. The maximum Gasteiger partial charge on any atom is 0.416 e. The summed E-state index contributed by atoms with van der Waals surface area (Å²) in [6, 6.07) is 4.78. The van der Waals surface area contributed by atoms with Crippen molar-refractivity contribution in [2.24, 2.45) is 0 Å². The van der Waals surface area contributed by atoms with E-state index in [4.69, 9.17) is 4.74 Å². The van der Waals surface area contributed by atoms with Gasteiger partial charge in [-0.2, -0.15) is 13.2 Å². The van der Waals surface area contributed by atoms with E-state index in [2.05, 4.69) is 6.58 Å². The van der Waals surface area contributed by atoms with Gasteiger partial charge in [0.1, 0.15) is 11.5 Å². The fourth-order valence-electron chi connectivity index (χ4n) is 1.27. The molecule has 0 fully saturated rings. The Morgan fingerprint density at radius 2 is 1.76 bits per heavy atom. The van der Waals surface area contributed by atoms with Gasteiger partial charge in [-0.25, -0.2) is 0 Å². The van der Waals surface area contributed by atoms with Crippen LogP contribution in [0.1, 0.15) is 33.3 Å². The predicted octanol–water partition coefficient (Wildman–Crippen LogP) is 6.15. The summed E-state index contributed by atoms with van der Waals surface area (Å²) in [5.41, 5.74) is 0.211. The molecule has 0 saturated carbocycles. The van der Waals surface area contributed by atoms with Crippen LogP contribution in [-0.4, -0.2) is 0 Å². The molecular formula is C17H21F3O. The molecule has 0 N–H and O–H groups in total. The molecule has 0 bridgehead atoms. The maximum absolute atomic E-state index is 12.5. The van der Waals surface area contributed by atoms with Crippen molar-refractivity contribution in [1.29, 1.82) is 0 Å².